The van der Waals surface area contributed by atoms with Crippen molar-refractivity contribution in [2.75, 3.05) is 20.8 Å². The summed E-state index contributed by atoms with van der Waals surface area (Å²) in [5.41, 5.74) is 2.80. The zero-order valence-corrected chi connectivity index (χ0v) is 14.2. The van der Waals surface area contributed by atoms with Gasteiger partial charge in [0, 0.05) is 12.1 Å². The first-order chi connectivity index (χ1) is 11.0. The van der Waals surface area contributed by atoms with E-state index in [1.807, 2.05) is 0 Å². The molecule has 0 fully saturated rings. The van der Waals surface area contributed by atoms with Gasteiger partial charge in [0.1, 0.15) is 0 Å². The number of nitrogens with one attached hydrogen (secondary N) is 2. The zero-order chi connectivity index (χ0) is 17.2. The summed E-state index contributed by atoms with van der Waals surface area (Å²) in [6.45, 7) is 2.83. The Kier molecular flexibility index (Phi) is 7.82. The number of methoxy groups -OCH3 is 2. The van der Waals surface area contributed by atoms with Gasteiger partial charge in [-0.05, 0) is 30.8 Å². The van der Waals surface area contributed by atoms with Gasteiger partial charge in [0.2, 0.25) is 0 Å². The molecule has 0 radical (unpaired) electrons. The van der Waals surface area contributed by atoms with Gasteiger partial charge in [-0.2, -0.15) is 5.10 Å². The van der Waals surface area contributed by atoms with Crippen LogP contribution in [-0.2, 0) is 0 Å². The lowest BCUT2D eigenvalue weighted by molar-refractivity contribution is -0.255. The van der Waals surface area contributed by atoms with Crippen molar-refractivity contribution in [2.45, 2.75) is 19.8 Å². The largest absolute Gasteiger partial charge is 0.545 e. The number of rotatable bonds is 8. The molecule has 23 heavy (non-hydrogen) atoms. The minimum Gasteiger partial charge on any atom is -0.545 e. The number of nitrogens with zero attached hydrogens (tertiary/aromatic N) is 1. The molecule has 0 heterocycles. The molecule has 1 rings (SSSR count). The van der Waals surface area contributed by atoms with Crippen LogP contribution < -0.4 is 25.3 Å². The van der Waals surface area contributed by atoms with E-state index in [1.165, 1.54) is 20.4 Å². The van der Waals surface area contributed by atoms with Crippen LogP contribution in [0.4, 0.5) is 0 Å². The second kappa shape index (κ2) is 9.62. The van der Waals surface area contributed by atoms with Crippen molar-refractivity contribution in [3.63, 3.8) is 0 Å². The number of hydrogen-bond donors (Lipinski definition) is 2. The summed E-state index contributed by atoms with van der Waals surface area (Å²) in [6.07, 6.45) is 3.39. The van der Waals surface area contributed by atoms with E-state index >= 15 is 0 Å². The van der Waals surface area contributed by atoms with E-state index in [1.54, 1.807) is 12.1 Å². The molecule has 0 amide bonds. The van der Waals surface area contributed by atoms with Crippen molar-refractivity contribution in [3.8, 4) is 11.5 Å². The molecule has 2 N–H and O–H groups in total. The fourth-order valence-corrected chi connectivity index (χ4v) is 1.99. The van der Waals surface area contributed by atoms with Gasteiger partial charge in [-0.3, -0.25) is 5.43 Å². The maximum atomic E-state index is 11.4. The Labute approximate surface area is 140 Å². The van der Waals surface area contributed by atoms with E-state index in [9.17, 15) is 9.90 Å². The Morgan fingerprint density at radius 2 is 2.13 bits per heavy atom. The molecule has 0 atom stereocenters. The first-order valence-corrected chi connectivity index (χ1v) is 7.49. The first-order valence-electron chi connectivity index (χ1n) is 7.08. The van der Waals surface area contributed by atoms with Crippen LogP contribution in [0.2, 0.25) is 0 Å². The highest BCUT2D eigenvalue weighted by Crippen LogP contribution is 2.32. The first kappa shape index (κ1) is 18.7. The van der Waals surface area contributed by atoms with Crippen LogP contribution in [0.1, 0.15) is 35.7 Å². The Morgan fingerprint density at radius 1 is 1.39 bits per heavy atom. The number of hydrogen-bond acceptors (Lipinski definition) is 6. The van der Waals surface area contributed by atoms with E-state index in [4.69, 9.17) is 21.7 Å². The second-order valence-corrected chi connectivity index (χ2v) is 4.94. The third-order valence-electron chi connectivity index (χ3n) is 2.97. The van der Waals surface area contributed by atoms with Gasteiger partial charge in [-0.25, -0.2) is 0 Å². The van der Waals surface area contributed by atoms with Gasteiger partial charge < -0.3 is 24.7 Å². The van der Waals surface area contributed by atoms with Crippen LogP contribution in [-0.4, -0.2) is 38.1 Å². The number of carboxylic acids is 1. The van der Waals surface area contributed by atoms with Crippen molar-refractivity contribution < 1.29 is 19.4 Å². The minimum absolute atomic E-state index is 0.0834. The Bertz CT molecular complexity index is 590. The van der Waals surface area contributed by atoms with Gasteiger partial charge in [-0.1, -0.05) is 13.3 Å². The molecule has 0 aliphatic rings. The molecule has 0 aromatic heterocycles. The number of aromatic carboxylic acids is 1. The van der Waals surface area contributed by atoms with Gasteiger partial charge >= 0.3 is 0 Å². The number of carbonyl (C=O) groups is 1. The predicted octanol–water partition coefficient (Wildman–Crippen LogP) is 0.665. The van der Waals surface area contributed by atoms with Gasteiger partial charge in [-0.15, -0.1) is 0 Å². The summed E-state index contributed by atoms with van der Waals surface area (Å²) in [4.78, 5) is 11.4. The summed E-state index contributed by atoms with van der Waals surface area (Å²) >= 11 is 5.05. The quantitative estimate of drug-likeness (QED) is 0.311. The van der Waals surface area contributed by atoms with E-state index in [0.29, 0.717) is 16.4 Å². The normalized spacial score (nSPS) is 10.4. The van der Waals surface area contributed by atoms with Crippen molar-refractivity contribution >= 4 is 29.5 Å². The average molecular weight is 338 g/mol. The number of thiocarbonyl (C=S) groups is 1. The maximum Gasteiger partial charge on any atom is 0.186 e. The molecule has 8 heteroatoms. The monoisotopic (exact) mass is 338 g/mol. The lowest BCUT2D eigenvalue weighted by atomic mass is 10.1. The van der Waals surface area contributed by atoms with E-state index in [2.05, 4.69) is 22.8 Å². The molecule has 0 bridgehead atoms. The summed E-state index contributed by atoms with van der Waals surface area (Å²) < 4.78 is 10.2. The lowest BCUT2D eigenvalue weighted by Crippen LogP contribution is -2.32. The van der Waals surface area contributed by atoms with Gasteiger partial charge in [0.25, 0.3) is 0 Å². The van der Waals surface area contributed by atoms with Crippen molar-refractivity contribution in [3.05, 3.63) is 23.3 Å². The van der Waals surface area contributed by atoms with Crippen LogP contribution in [0.25, 0.3) is 0 Å². The molecule has 7 nitrogen and oxygen atoms in total. The molecule has 0 spiro atoms. The Morgan fingerprint density at radius 3 is 2.70 bits per heavy atom. The highest BCUT2D eigenvalue weighted by atomic mass is 32.1. The molecule has 0 aliphatic carbocycles. The predicted molar refractivity (Wildman–Crippen MR) is 90.1 cm³/mol. The van der Waals surface area contributed by atoms with E-state index < -0.39 is 5.97 Å². The maximum absolute atomic E-state index is 11.4. The van der Waals surface area contributed by atoms with Crippen LogP contribution in [0.5, 0.6) is 11.5 Å². The summed E-state index contributed by atoms with van der Waals surface area (Å²) in [7, 11) is 2.78. The average Bonchev–Trinajstić information content (AvgIpc) is 2.54. The molecular formula is C15H20N3O4S-. The zero-order valence-electron chi connectivity index (χ0n) is 13.3. The number of hydrazone groups is 1. The number of carbonyl (C=O) groups excluding carboxylic acids is 1. The molecule has 1 aromatic rings. The SMILES string of the molecule is CCCCNC(=S)N/N=C\c1ccc(OC)c(OC)c1C(=O)[O-]. The smallest absolute Gasteiger partial charge is 0.186 e. The number of unbranched alkanes of at least 4 members (excludes halogenated alkanes) is 1. The molecule has 0 saturated heterocycles. The second-order valence-electron chi connectivity index (χ2n) is 4.53. The van der Waals surface area contributed by atoms with Crippen LogP contribution >= 0.6 is 12.2 Å². The summed E-state index contributed by atoms with van der Waals surface area (Å²) in [6, 6.07) is 3.13. The molecule has 0 saturated carbocycles. The summed E-state index contributed by atoms with van der Waals surface area (Å²) in [5.74, 6) is -1.00. The number of ether oxygens (including phenoxy) is 2. The van der Waals surface area contributed by atoms with Crippen molar-refractivity contribution in [1.29, 1.82) is 0 Å². The molecule has 0 unspecified atom stereocenters. The lowest BCUT2D eigenvalue weighted by Gasteiger charge is -2.15. The topological polar surface area (TPSA) is 95.0 Å². The highest BCUT2D eigenvalue weighted by Gasteiger charge is 2.14. The van der Waals surface area contributed by atoms with Crippen molar-refractivity contribution in [1.82, 2.24) is 10.7 Å². The van der Waals surface area contributed by atoms with Gasteiger partial charge in [0.05, 0.1) is 32.0 Å². The van der Waals surface area contributed by atoms with E-state index in [0.717, 1.165) is 19.4 Å². The third-order valence-corrected chi connectivity index (χ3v) is 3.20. The van der Waals surface area contributed by atoms with Crippen LogP contribution in [0, 0.1) is 0 Å². The Balaban J connectivity index is 2.89. The van der Waals surface area contributed by atoms with Gasteiger partial charge in [0.15, 0.2) is 16.6 Å². The van der Waals surface area contributed by atoms with E-state index in [-0.39, 0.29) is 11.3 Å². The standard InChI is InChI=1S/C15H21N3O4S/c1-4-5-8-16-15(23)18-17-9-10-6-7-11(21-2)13(22-3)12(10)14(19)20/h6-7,9H,4-5,8H2,1-3H3,(H,19,20)(H2,16,18,23)/p-1/b17-9-. The van der Waals surface area contributed by atoms with Crippen molar-refractivity contribution in [2.24, 2.45) is 5.10 Å². The number of benzene rings is 1. The molecule has 1 aromatic carbocycles. The minimum atomic E-state index is -1.38. The number of carboxylic acid groups (broad SMARTS) is 1. The third kappa shape index (κ3) is 5.41. The molecule has 0 aliphatic heterocycles. The molecule has 126 valence electrons. The van der Waals surface area contributed by atoms with Crippen LogP contribution in [0.15, 0.2) is 17.2 Å². The fourth-order valence-electron chi connectivity index (χ4n) is 1.84. The Hall–Kier alpha value is -2.35. The summed E-state index contributed by atoms with van der Waals surface area (Å²) in [5, 5.41) is 18.6. The fraction of sp³-hybridized carbons (Fsp3) is 0.400. The van der Waals surface area contributed by atoms with Crippen LogP contribution in [0.3, 0.4) is 0 Å². The molecular weight excluding hydrogens is 318 g/mol. The highest BCUT2D eigenvalue weighted by molar-refractivity contribution is 7.80.